The molecule has 0 aromatic rings. The van der Waals surface area contributed by atoms with Crippen molar-refractivity contribution < 1.29 is 4.79 Å². The summed E-state index contributed by atoms with van der Waals surface area (Å²) >= 11 is 6.63. The highest BCUT2D eigenvalue weighted by atomic mass is 32.2. The van der Waals surface area contributed by atoms with Crippen LogP contribution in [0, 0.1) is 5.92 Å². The minimum atomic E-state index is 0.181. The molecule has 0 saturated carbocycles. The molecule has 0 aromatic carbocycles. The van der Waals surface area contributed by atoms with Crippen molar-refractivity contribution in [3.05, 3.63) is 0 Å². The van der Waals surface area contributed by atoms with Crippen molar-refractivity contribution in [1.29, 1.82) is 0 Å². The van der Waals surface area contributed by atoms with Gasteiger partial charge in [-0.15, -0.1) is 0 Å². The first-order valence-corrected chi connectivity index (χ1v) is 5.47. The molecule has 1 aliphatic heterocycles. The predicted molar refractivity (Wildman–Crippen MR) is 56.2 cm³/mol. The molecule has 4 heteroatoms. The van der Waals surface area contributed by atoms with E-state index in [1.165, 1.54) is 0 Å². The maximum atomic E-state index is 11.5. The molecule has 0 unspecified atom stereocenters. The minimum Gasteiger partial charge on any atom is -0.297 e. The molecule has 1 rings (SSSR count). The van der Waals surface area contributed by atoms with Gasteiger partial charge in [0.15, 0.2) is 0 Å². The largest absolute Gasteiger partial charge is 0.297 e. The second-order valence-corrected chi connectivity index (χ2v) is 4.99. The molecule has 0 aromatic heterocycles. The summed E-state index contributed by atoms with van der Waals surface area (Å²) in [6.07, 6.45) is 0.612. The van der Waals surface area contributed by atoms with Gasteiger partial charge < -0.3 is 0 Å². The summed E-state index contributed by atoms with van der Waals surface area (Å²) in [6, 6.07) is 0. The zero-order chi connectivity index (χ0) is 9.14. The fraction of sp³-hybridized carbons (Fsp3) is 0.750. The average Bonchev–Trinajstić information content (AvgIpc) is 2.33. The lowest BCUT2D eigenvalue weighted by molar-refractivity contribution is -0.127. The van der Waals surface area contributed by atoms with Crippen LogP contribution in [0.3, 0.4) is 0 Å². The van der Waals surface area contributed by atoms with E-state index in [1.54, 1.807) is 16.7 Å². The highest BCUT2D eigenvalue weighted by Gasteiger charge is 2.23. The van der Waals surface area contributed by atoms with Crippen LogP contribution in [-0.4, -0.2) is 27.4 Å². The van der Waals surface area contributed by atoms with Crippen molar-refractivity contribution >= 4 is 34.2 Å². The molecule has 0 N–H and O–H groups in total. The van der Waals surface area contributed by atoms with Crippen molar-refractivity contribution in [1.82, 2.24) is 4.90 Å². The number of thioether (sulfide) groups is 1. The molecule has 2 nitrogen and oxygen atoms in total. The second kappa shape index (κ2) is 4.23. The third-order valence-electron chi connectivity index (χ3n) is 1.64. The Bertz CT molecular complexity index is 203. The standard InChI is InChI=1S/C8H13NOS2/c1-6(2)5-7(10)9-3-4-12-8(9)11/h6H,3-5H2,1-2H3. The van der Waals surface area contributed by atoms with Crippen molar-refractivity contribution in [2.45, 2.75) is 20.3 Å². The van der Waals surface area contributed by atoms with Gasteiger partial charge in [0.1, 0.15) is 4.32 Å². The van der Waals surface area contributed by atoms with Gasteiger partial charge in [0.05, 0.1) is 0 Å². The number of rotatable bonds is 2. The Morgan fingerprint density at radius 3 is 2.83 bits per heavy atom. The summed E-state index contributed by atoms with van der Waals surface area (Å²) in [5.41, 5.74) is 0. The first-order chi connectivity index (χ1) is 5.61. The Kier molecular flexibility index (Phi) is 3.53. The minimum absolute atomic E-state index is 0.181. The maximum Gasteiger partial charge on any atom is 0.228 e. The lowest BCUT2D eigenvalue weighted by Crippen LogP contribution is -2.31. The third-order valence-corrected chi connectivity index (χ3v) is 3.07. The molecular formula is C8H13NOS2. The van der Waals surface area contributed by atoms with E-state index in [9.17, 15) is 4.79 Å². The maximum absolute atomic E-state index is 11.5. The van der Waals surface area contributed by atoms with Crippen LogP contribution in [0.2, 0.25) is 0 Å². The molecule has 1 saturated heterocycles. The normalized spacial score (nSPS) is 17.6. The molecule has 0 spiro atoms. The number of amides is 1. The molecule has 68 valence electrons. The quantitative estimate of drug-likeness (QED) is 0.639. The molecule has 1 heterocycles. The van der Waals surface area contributed by atoms with Gasteiger partial charge in [0, 0.05) is 18.7 Å². The zero-order valence-corrected chi connectivity index (χ0v) is 9.00. The molecule has 0 bridgehead atoms. The number of carbonyl (C=O) groups excluding carboxylic acids is 1. The molecule has 0 radical (unpaired) electrons. The Morgan fingerprint density at radius 1 is 1.75 bits per heavy atom. The number of hydrogen-bond acceptors (Lipinski definition) is 3. The van der Waals surface area contributed by atoms with Gasteiger partial charge in [-0.3, -0.25) is 9.69 Å². The van der Waals surface area contributed by atoms with Crippen LogP contribution in [0.15, 0.2) is 0 Å². The van der Waals surface area contributed by atoms with Gasteiger partial charge in [-0.2, -0.15) is 0 Å². The van der Waals surface area contributed by atoms with Gasteiger partial charge in [0.25, 0.3) is 0 Å². The molecule has 1 aliphatic rings. The summed E-state index contributed by atoms with van der Waals surface area (Å²) in [6.45, 7) is 4.89. The third kappa shape index (κ3) is 2.45. The van der Waals surface area contributed by atoms with Crippen molar-refractivity contribution in [2.75, 3.05) is 12.3 Å². The van der Waals surface area contributed by atoms with Gasteiger partial charge in [-0.05, 0) is 5.92 Å². The average molecular weight is 203 g/mol. The fourth-order valence-electron chi connectivity index (χ4n) is 1.08. The SMILES string of the molecule is CC(C)CC(=O)N1CCSC1=S. The summed E-state index contributed by atoms with van der Waals surface area (Å²) in [5.74, 6) is 1.56. The smallest absolute Gasteiger partial charge is 0.228 e. The lowest BCUT2D eigenvalue weighted by atomic mass is 10.1. The topological polar surface area (TPSA) is 20.3 Å². The molecular weight excluding hydrogens is 190 g/mol. The summed E-state index contributed by atoms with van der Waals surface area (Å²) in [5, 5.41) is 0. The lowest BCUT2D eigenvalue weighted by Gasteiger charge is -2.15. The van der Waals surface area contributed by atoms with E-state index in [-0.39, 0.29) is 5.91 Å². The van der Waals surface area contributed by atoms with E-state index in [4.69, 9.17) is 12.2 Å². The Balaban J connectivity index is 2.46. The Hall–Kier alpha value is -0.0900. The molecule has 0 aliphatic carbocycles. The molecule has 0 atom stereocenters. The van der Waals surface area contributed by atoms with E-state index in [1.807, 2.05) is 13.8 Å². The molecule has 1 fully saturated rings. The van der Waals surface area contributed by atoms with E-state index >= 15 is 0 Å². The fourth-order valence-corrected chi connectivity index (χ4v) is 2.32. The van der Waals surface area contributed by atoms with E-state index in [2.05, 4.69) is 0 Å². The molecule has 1 amide bonds. The number of hydrogen-bond donors (Lipinski definition) is 0. The number of carbonyl (C=O) groups is 1. The van der Waals surface area contributed by atoms with Crippen LogP contribution in [-0.2, 0) is 4.79 Å². The van der Waals surface area contributed by atoms with Crippen LogP contribution < -0.4 is 0 Å². The number of thiocarbonyl (C=S) groups is 1. The van der Waals surface area contributed by atoms with Crippen LogP contribution in [0.25, 0.3) is 0 Å². The summed E-state index contributed by atoms with van der Waals surface area (Å²) in [4.78, 5) is 13.2. The van der Waals surface area contributed by atoms with Gasteiger partial charge in [0.2, 0.25) is 5.91 Å². The van der Waals surface area contributed by atoms with Crippen LogP contribution >= 0.6 is 24.0 Å². The monoisotopic (exact) mass is 203 g/mol. The van der Waals surface area contributed by atoms with Crippen LogP contribution in [0.4, 0.5) is 0 Å². The Labute approximate surface area is 82.7 Å². The second-order valence-electron chi connectivity index (χ2n) is 3.26. The summed E-state index contributed by atoms with van der Waals surface area (Å²) in [7, 11) is 0. The van der Waals surface area contributed by atoms with Crippen LogP contribution in [0.1, 0.15) is 20.3 Å². The van der Waals surface area contributed by atoms with E-state index in [0.717, 1.165) is 16.6 Å². The van der Waals surface area contributed by atoms with E-state index in [0.29, 0.717) is 12.3 Å². The van der Waals surface area contributed by atoms with E-state index < -0.39 is 0 Å². The predicted octanol–water partition coefficient (Wildman–Crippen LogP) is 1.89. The summed E-state index contributed by atoms with van der Waals surface area (Å²) < 4.78 is 0.751. The van der Waals surface area contributed by atoms with Gasteiger partial charge in [-0.1, -0.05) is 37.8 Å². The van der Waals surface area contributed by atoms with Crippen molar-refractivity contribution in [3.8, 4) is 0 Å². The Morgan fingerprint density at radius 2 is 2.42 bits per heavy atom. The van der Waals surface area contributed by atoms with Crippen molar-refractivity contribution in [2.24, 2.45) is 5.92 Å². The highest BCUT2D eigenvalue weighted by Crippen LogP contribution is 2.19. The highest BCUT2D eigenvalue weighted by molar-refractivity contribution is 8.23. The molecule has 12 heavy (non-hydrogen) atoms. The first-order valence-electron chi connectivity index (χ1n) is 4.08. The van der Waals surface area contributed by atoms with Gasteiger partial charge in [-0.25, -0.2) is 0 Å². The van der Waals surface area contributed by atoms with Crippen LogP contribution in [0.5, 0.6) is 0 Å². The first kappa shape index (κ1) is 9.99. The zero-order valence-electron chi connectivity index (χ0n) is 7.37. The van der Waals surface area contributed by atoms with Crippen molar-refractivity contribution in [3.63, 3.8) is 0 Å². The number of nitrogens with zero attached hydrogens (tertiary/aromatic N) is 1. The van der Waals surface area contributed by atoms with Gasteiger partial charge >= 0.3 is 0 Å².